The number of allylic oxidation sites excluding steroid dienone is 1. The van der Waals surface area contributed by atoms with Gasteiger partial charge in [-0.1, -0.05) is 55.3 Å². The van der Waals surface area contributed by atoms with Crippen LogP contribution in [0.3, 0.4) is 0 Å². The largest absolute Gasteiger partial charge is 0.332 e. The van der Waals surface area contributed by atoms with Gasteiger partial charge in [-0.3, -0.25) is 18.3 Å². The third-order valence-electron chi connectivity index (χ3n) is 6.16. The van der Waals surface area contributed by atoms with Crippen LogP contribution in [0, 0.1) is 6.92 Å². The molecular weight excluding hydrogens is 378 g/mol. The molecule has 154 valence electrons. The molecule has 1 aromatic carbocycles. The van der Waals surface area contributed by atoms with Gasteiger partial charge in [-0.25, -0.2) is 4.79 Å². The van der Waals surface area contributed by atoms with Crippen molar-refractivity contribution in [2.45, 2.75) is 45.2 Å². The molecule has 3 heterocycles. The zero-order valence-electron chi connectivity index (χ0n) is 17.3. The van der Waals surface area contributed by atoms with E-state index in [1.807, 2.05) is 53.1 Å². The number of rotatable bonds is 4. The zero-order valence-corrected chi connectivity index (χ0v) is 17.3. The second kappa shape index (κ2) is 7.16. The van der Waals surface area contributed by atoms with Crippen molar-refractivity contribution >= 4 is 23.0 Å². The van der Waals surface area contributed by atoms with Crippen LogP contribution < -0.4 is 11.2 Å². The third-order valence-corrected chi connectivity index (χ3v) is 6.16. The Morgan fingerprint density at radius 2 is 1.87 bits per heavy atom. The molecule has 3 aromatic heterocycles. The molecular formula is C23H25N5O2. The Bertz CT molecular complexity index is 1380. The summed E-state index contributed by atoms with van der Waals surface area (Å²) in [5.74, 6) is 0.749. The van der Waals surface area contributed by atoms with Gasteiger partial charge in [0.15, 0.2) is 11.2 Å². The predicted molar refractivity (Wildman–Crippen MR) is 118 cm³/mol. The fourth-order valence-electron chi connectivity index (χ4n) is 4.66. The second-order valence-electron chi connectivity index (χ2n) is 8.10. The number of fused-ring (bicyclic) bond motifs is 3. The van der Waals surface area contributed by atoms with Gasteiger partial charge in [-0.05, 0) is 25.3 Å². The summed E-state index contributed by atoms with van der Waals surface area (Å²) < 4.78 is 6.85. The lowest BCUT2D eigenvalue weighted by Gasteiger charge is -2.13. The summed E-state index contributed by atoms with van der Waals surface area (Å²) in [6.45, 7) is 2.27. The van der Waals surface area contributed by atoms with Gasteiger partial charge in [-0.15, -0.1) is 0 Å². The van der Waals surface area contributed by atoms with E-state index in [-0.39, 0.29) is 17.8 Å². The van der Waals surface area contributed by atoms with E-state index >= 15 is 0 Å². The van der Waals surface area contributed by atoms with Crippen molar-refractivity contribution in [3.63, 3.8) is 0 Å². The van der Waals surface area contributed by atoms with E-state index in [9.17, 15) is 9.59 Å². The normalized spacial score (nSPS) is 15.3. The molecule has 1 aliphatic carbocycles. The minimum atomic E-state index is -0.352. The highest BCUT2D eigenvalue weighted by atomic mass is 16.2. The van der Waals surface area contributed by atoms with Crippen molar-refractivity contribution < 1.29 is 0 Å². The fourth-order valence-corrected chi connectivity index (χ4v) is 4.66. The summed E-state index contributed by atoms with van der Waals surface area (Å²) >= 11 is 0. The van der Waals surface area contributed by atoms with Gasteiger partial charge in [0.05, 0.1) is 0 Å². The number of imidazole rings is 2. The predicted octanol–water partition coefficient (Wildman–Crippen LogP) is 3.29. The molecule has 1 aliphatic rings. The van der Waals surface area contributed by atoms with Crippen LogP contribution in [0.15, 0.2) is 52.2 Å². The third kappa shape index (κ3) is 2.84. The molecule has 0 saturated heterocycles. The van der Waals surface area contributed by atoms with Gasteiger partial charge in [0.1, 0.15) is 0 Å². The lowest BCUT2D eigenvalue weighted by molar-refractivity contribution is 0.520. The van der Waals surface area contributed by atoms with Crippen molar-refractivity contribution in [2.24, 2.45) is 7.05 Å². The van der Waals surface area contributed by atoms with Crippen LogP contribution in [-0.4, -0.2) is 23.1 Å². The second-order valence-corrected chi connectivity index (χ2v) is 8.10. The number of hydrogen-bond donors (Lipinski definition) is 0. The summed E-state index contributed by atoms with van der Waals surface area (Å²) in [5, 5.41) is 0. The Morgan fingerprint density at radius 1 is 1.13 bits per heavy atom. The van der Waals surface area contributed by atoms with E-state index in [4.69, 9.17) is 4.98 Å². The molecule has 0 atom stereocenters. The molecule has 0 N–H and O–H groups in total. The minimum absolute atomic E-state index is 0.214. The molecule has 7 nitrogen and oxygen atoms in total. The van der Waals surface area contributed by atoms with Crippen LogP contribution in [0.5, 0.6) is 0 Å². The van der Waals surface area contributed by atoms with E-state index < -0.39 is 0 Å². The van der Waals surface area contributed by atoms with Crippen LogP contribution in [0.4, 0.5) is 0 Å². The van der Waals surface area contributed by atoms with Gasteiger partial charge in [0.2, 0.25) is 5.78 Å². The van der Waals surface area contributed by atoms with E-state index in [2.05, 4.69) is 11.5 Å². The summed E-state index contributed by atoms with van der Waals surface area (Å²) in [5.41, 5.74) is 2.36. The van der Waals surface area contributed by atoms with Crippen molar-refractivity contribution in [3.05, 3.63) is 74.7 Å². The molecule has 7 heteroatoms. The van der Waals surface area contributed by atoms with Crippen LogP contribution in [0.2, 0.25) is 0 Å². The number of benzene rings is 1. The highest BCUT2D eigenvalue weighted by molar-refractivity contribution is 5.75. The van der Waals surface area contributed by atoms with Gasteiger partial charge in [0.25, 0.3) is 5.56 Å². The Labute approximate surface area is 173 Å². The Balaban J connectivity index is 1.65. The molecule has 0 unspecified atom stereocenters. The van der Waals surface area contributed by atoms with E-state index in [1.165, 1.54) is 22.0 Å². The number of aromatic nitrogens is 5. The smallest absolute Gasteiger partial charge is 0.311 e. The molecule has 4 aromatic rings. The first-order valence-electron chi connectivity index (χ1n) is 10.5. The number of hydrogen-bond acceptors (Lipinski definition) is 3. The van der Waals surface area contributed by atoms with E-state index in [0.29, 0.717) is 17.2 Å². The summed E-state index contributed by atoms with van der Waals surface area (Å²) in [6.07, 6.45) is 10.4. The number of nitrogens with zero attached hydrogens (tertiary/aromatic N) is 5. The first-order valence-corrected chi connectivity index (χ1v) is 10.5. The maximum absolute atomic E-state index is 13.3. The standard InChI is InChI=1S/C23H25N5O2/c1-16-15-27-19-20(24-22(27)28(16)18-12-6-7-13-18)25(2)23(30)26(21(19)29)14-8-11-17-9-4-3-5-10-17/h3-5,8-11,15,18H,6-7,12-14H2,1-2H3/b11-8-. The lowest BCUT2D eigenvalue weighted by Crippen LogP contribution is -2.39. The summed E-state index contributed by atoms with van der Waals surface area (Å²) in [6, 6.07) is 10.2. The quantitative estimate of drug-likeness (QED) is 0.525. The van der Waals surface area contributed by atoms with Gasteiger partial charge >= 0.3 is 5.69 Å². The lowest BCUT2D eigenvalue weighted by atomic mass is 10.2. The molecule has 0 spiro atoms. The molecule has 5 rings (SSSR count). The molecule has 0 aliphatic heterocycles. The maximum Gasteiger partial charge on any atom is 0.332 e. The molecule has 1 fully saturated rings. The highest BCUT2D eigenvalue weighted by Gasteiger charge is 2.25. The molecule has 0 radical (unpaired) electrons. The average Bonchev–Trinajstić information content (AvgIpc) is 3.45. The van der Waals surface area contributed by atoms with Crippen LogP contribution in [0.1, 0.15) is 43.0 Å². The Kier molecular flexibility index (Phi) is 4.46. The van der Waals surface area contributed by atoms with E-state index in [0.717, 1.165) is 29.9 Å². The topological polar surface area (TPSA) is 66.2 Å². The molecule has 0 bridgehead atoms. The Morgan fingerprint density at radius 3 is 2.60 bits per heavy atom. The van der Waals surface area contributed by atoms with Gasteiger partial charge in [0, 0.05) is 31.5 Å². The van der Waals surface area contributed by atoms with Crippen molar-refractivity contribution in [2.75, 3.05) is 0 Å². The monoisotopic (exact) mass is 403 g/mol. The zero-order chi connectivity index (χ0) is 20.8. The van der Waals surface area contributed by atoms with Crippen molar-refractivity contribution in [3.8, 4) is 0 Å². The van der Waals surface area contributed by atoms with Crippen molar-refractivity contribution in [1.82, 2.24) is 23.1 Å². The van der Waals surface area contributed by atoms with Crippen LogP contribution in [0.25, 0.3) is 23.0 Å². The van der Waals surface area contributed by atoms with Crippen LogP contribution >= 0.6 is 0 Å². The average molecular weight is 403 g/mol. The maximum atomic E-state index is 13.3. The van der Waals surface area contributed by atoms with Gasteiger partial charge in [-0.2, -0.15) is 4.98 Å². The van der Waals surface area contributed by atoms with Crippen molar-refractivity contribution in [1.29, 1.82) is 0 Å². The number of aryl methyl sites for hydroxylation is 2. The SMILES string of the molecule is Cc1cn2c3c(=O)n(C/C=C\c4ccccc4)c(=O)n(C)c3nc2n1C1CCCC1. The Hall–Kier alpha value is -3.35. The first kappa shape index (κ1) is 18.7. The van der Waals surface area contributed by atoms with Gasteiger partial charge < -0.3 is 4.57 Å². The molecule has 1 saturated carbocycles. The van der Waals surface area contributed by atoms with E-state index in [1.54, 1.807) is 7.05 Å². The first-order chi connectivity index (χ1) is 14.6. The molecule has 30 heavy (non-hydrogen) atoms. The summed E-state index contributed by atoms with van der Waals surface area (Å²) in [4.78, 5) is 30.9. The summed E-state index contributed by atoms with van der Waals surface area (Å²) in [7, 11) is 1.68. The fraction of sp³-hybridized carbons (Fsp3) is 0.348. The minimum Gasteiger partial charge on any atom is -0.311 e. The van der Waals surface area contributed by atoms with Crippen LogP contribution in [-0.2, 0) is 13.6 Å². The molecule has 0 amide bonds. The highest BCUT2D eigenvalue weighted by Crippen LogP contribution is 2.32.